The SMILES string of the molecule is CC(C)NS(=O)(=O)c1ccc(NC(=O)NC(C)C2CC2)cc1. The summed E-state index contributed by atoms with van der Waals surface area (Å²) < 4.78 is 26.5. The van der Waals surface area contributed by atoms with Crippen LogP contribution in [0.4, 0.5) is 10.5 Å². The van der Waals surface area contributed by atoms with E-state index in [9.17, 15) is 13.2 Å². The van der Waals surface area contributed by atoms with Crippen LogP contribution in [0.2, 0.25) is 0 Å². The summed E-state index contributed by atoms with van der Waals surface area (Å²) >= 11 is 0. The summed E-state index contributed by atoms with van der Waals surface area (Å²) in [6.07, 6.45) is 2.33. The number of benzene rings is 1. The first kappa shape index (κ1) is 16.8. The first-order valence-electron chi connectivity index (χ1n) is 7.48. The average molecular weight is 325 g/mol. The summed E-state index contributed by atoms with van der Waals surface area (Å²) in [5.41, 5.74) is 0.559. The predicted octanol–water partition coefficient (Wildman–Crippen LogP) is 2.29. The fourth-order valence-corrected chi connectivity index (χ4v) is 3.43. The molecule has 6 nitrogen and oxygen atoms in total. The van der Waals surface area contributed by atoms with Gasteiger partial charge in [0, 0.05) is 17.8 Å². The smallest absolute Gasteiger partial charge is 0.319 e. The zero-order chi connectivity index (χ0) is 16.3. The predicted molar refractivity (Wildman–Crippen MR) is 86.2 cm³/mol. The van der Waals surface area contributed by atoms with Crippen LogP contribution in [-0.4, -0.2) is 26.5 Å². The lowest BCUT2D eigenvalue weighted by Gasteiger charge is -2.14. The molecular weight excluding hydrogens is 302 g/mol. The van der Waals surface area contributed by atoms with Crippen LogP contribution in [0.15, 0.2) is 29.2 Å². The molecule has 0 bridgehead atoms. The van der Waals surface area contributed by atoms with E-state index in [0.29, 0.717) is 11.6 Å². The molecule has 2 amide bonds. The third kappa shape index (κ3) is 4.71. The summed E-state index contributed by atoms with van der Waals surface area (Å²) in [6, 6.07) is 5.84. The van der Waals surface area contributed by atoms with Gasteiger partial charge in [-0.25, -0.2) is 17.9 Å². The lowest BCUT2D eigenvalue weighted by atomic mass is 10.2. The molecule has 2 rings (SSSR count). The third-order valence-corrected chi connectivity index (χ3v) is 5.18. The fourth-order valence-electron chi connectivity index (χ4n) is 2.18. The molecule has 1 aliphatic carbocycles. The molecule has 122 valence electrons. The van der Waals surface area contributed by atoms with Crippen molar-refractivity contribution in [3.05, 3.63) is 24.3 Å². The van der Waals surface area contributed by atoms with Crippen molar-refractivity contribution < 1.29 is 13.2 Å². The molecule has 1 aliphatic rings. The Hall–Kier alpha value is -1.60. The van der Waals surface area contributed by atoms with E-state index < -0.39 is 10.0 Å². The van der Waals surface area contributed by atoms with Gasteiger partial charge in [0.15, 0.2) is 0 Å². The highest BCUT2D eigenvalue weighted by Gasteiger charge is 2.28. The van der Waals surface area contributed by atoms with Crippen molar-refractivity contribution in [1.29, 1.82) is 0 Å². The second-order valence-corrected chi connectivity index (χ2v) is 7.74. The monoisotopic (exact) mass is 325 g/mol. The van der Waals surface area contributed by atoms with Gasteiger partial charge in [-0.1, -0.05) is 0 Å². The zero-order valence-corrected chi connectivity index (χ0v) is 13.9. The van der Waals surface area contributed by atoms with E-state index >= 15 is 0 Å². The Bertz CT molecular complexity index is 622. The topological polar surface area (TPSA) is 87.3 Å². The Morgan fingerprint density at radius 1 is 1.14 bits per heavy atom. The summed E-state index contributed by atoms with van der Waals surface area (Å²) in [7, 11) is -3.51. The molecule has 1 aromatic rings. The number of anilines is 1. The first-order chi connectivity index (χ1) is 10.3. The highest BCUT2D eigenvalue weighted by molar-refractivity contribution is 7.89. The Kier molecular flexibility index (Phi) is 5.08. The summed E-state index contributed by atoms with van der Waals surface area (Å²) in [4.78, 5) is 12.0. The molecule has 22 heavy (non-hydrogen) atoms. The minimum absolute atomic E-state index is 0.162. The number of urea groups is 1. The van der Waals surface area contributed by atoms with E-state index in [2.05, 4.69) is 15.4 Å². The van der Waals surface area contributed by atoms with Gasteiger partial charge in [0.05, 0.1) is 4.90 Å². The van der Waals surface area contributed by atoms with E-state index in [1.165, 1.54) is 12.1 Å². The molecule has 1 atom stereocenters. The van der Waals surface area contributed by atoms with Crippen LogP contribution in [0.1, 0.15) is 33.6 Å². The highest BCUT2D eigenvalue weighted by atomic mass is 32.2. The second kappa shape index (κ2) is 6.66. The van der Waals surface area contributed by atoms with Crippen molar-refractivity contribution >= 4 is 21.7 Å². The van der Waals surface area contributed by atoms with Crippen molar-refractivity contribution in [2.75, 3.05) is 5.32 Å². The summed E-state index contributed by atoms with van der Waals surface area (Å²) in [5.74, 6) is 0.584. The molecule has 1 fully saturated rings. The van der Waals surface area contributed by atoms with E-state index in [0.717, 1.165) is 12.8 Å². The Morgan fingerprint density at radius 2 is 1.73 bits per heavy atom. The molecule has 0 radical (unpaired) electrons. The second-order valence-electron chi connectivity index (χ2n) is 6.02. The van der Waals surface area contributed by atoms with Crippen LogP contribution in [0.3, 0.4) is 0 Å². The number of nitrogens with one attached hydrogen (secondary N) is 3. The maximum Gasteiger partial charge on any atom is 0.319 e. The summed E-state index contributed by atoms with van der Waals surface area (Å²) in [6.45, 7) is 5.52. The van der Waals surface area contributed by atoms with E-state index in [4.69, 9.17) is 0 Å². The molecule has 0 aliphatic heterocycles. The molecule has 0 aromatic heterocycles. The highest BCUT2D eigenvalue weighted by Crippen LogP contribution is 2.32. The molecular formula is C15H23N3O3S. The van der Waals surface area contributed by atoms with E-state index in [-0.39, 0.29) is 23.0 Å². The minimum Gasteiger partial charge on any atom is -0.335 e. The van der Waals surface area contributed by atoms with Crippen molar-refractivity contribution in [1.82, 2.24) is 10.0 Å². The maximum absolute atomic E-state index is 12.0. The molecule has 1 unspecified atom stereocenters. The van der Waals surface area contributed by atoms with Crippen LogP contribution in [0.25, 0.3) is 0 Å². The van der Waals surface area contributed by atoms with Gasteiger partial charge in [-0.05, 0) is 63.8 Å². The van der Waals surface area contributed by atoms with Gasteiger partial charge in [0.1, 0.15) is 0 Å². The quantitative estimate of drug-likeness (QED) is 0.750. The number of rotatable bonds is 6. The van der Waals surface area contributed by atoms with Gasteiger partial charge >= 0.3 is 6.03 Å². The number of hydrogen-bond donors (Lipinski definition) is 3. The summed E-state index contributed by atoms with van der Waals surface area (Å²) in [5, 5.41) is 5.59. The average Bonchev–Trinajstić information content (AvgIpc) is 3.21. The largest absolute Gasteiger partial charge is 0.335 e. The van der Waals surface area contributed by atoms with Gasteiger partial charge in [-0.15, -0.1) is 0 Å². The van der Waals surface area contributed by atoms with E-state index in [1.54, 1.807) is 26.0 Å². The Balaban J connectivity index is 1.95. The third-order valence-electron chi connectivity index (χ3n) is 3.50. The molecule has 7 heteroatoms. The number of carbonyl (C=O) groups excluding carboxylic acids is 1. The molecule has 1 saturated carbocycles. The standard InChI is InChI=1S/C15H23N3O3S/c1-10(2)18-22(20,21)14-8-6-13(7-9-14)17-15(19)16-11(3)12-4-5-12/h6-12,18H,4-5H2,1-3H3,(H2,16,17,19). The Labute approximate surface area is 131 Å². The van der Waals surface area contributed by atoms with Gasteiger partial charge in [-0.2, -0.15) is 0 Å². The van der Waals surface area contributed by atoms with Crippen LogP contribution in [0.5, 0.6) is 0 Å². The van der Waals surface area contributed by atoms with Gasteiger partial charge in [0.25, 0.3) is 0 Å². The molecule has 3 N–H and O–H groups in total. The lowest BCUT2D eigenvalue weighted by molar-refractivity contribution is 0.248. The first-order valence-corrected chi connectivity index (χ1v) is 8.96. The molecule has 0 saturated heterocycles. The van der Waals surface area contributed by atoms with Crippen LogP contribution < -0.4 is 15.4 Å². The number of sulfonamides is 1. The van der Waals surface area contributed by atoms with Crippen LogP contribution in [0, 0.1) is 5.92 Å². The van der Waals surface area contributed by atoms with Gasteiger partial charge in [-0.3, -0.25) is 0 Å². The molecule has 0 heterocycles. The molecule has 0 spiro atoms. The van der Waals surface area contributed by atoms with Crippen LogP contribution in [-0.2, 0) is 10.0 Å². The fraction of sp³-hybridized carbons (Fsp3) is 0.533. The van der Waals surface area contributed by atoms with Gasteiger partial charge < -0.3 is 10.6 Å². The number of hydrogen-bond acceptors (Lipinski definition) is 3. The lowest BCUT2D eigenvalue weighted by Crippen LogP contribution is -2.37. The van der Waals surface area contributed by atoms with Crippen molar-refractivity contribution in [2.24, 2.45) is 5.92 Å². The normalized spacial score (nSPS) is 16.4. The van der Waals surface area contributed by atoms with Gasteiger partial charge in [0.2, 0.25) is 10.0 Å². The van der Waals surface area contributed by atoms with Crippen molar-refractivity contribution in [2.45, 2.75) is 50.6 Å². The maximum atomic E-state index is 12.0. The number of amides is 2. The number of carbonyl (C=O) groups is 1. The zero-order valence-electron chi connectivity index (χ0n) is 13.1. The molecule has 1 aromatic carbocycles. The van der Waals surface area contributed by atoms with E-state index in [1.807, 2.05) is 6.92 Å². The minimum atomic E-state index is -3.51. The van der Waals surface area contributed by atoms with Crippen molar-refractivity contribution in [3.63, 3.8) is 0 Å². The Morgan fingerprint density at radius 3 is 2.23 bits per heavy atom. The van der Waals surface area contributed by atoms with Crippen LogP contribution >= 0.6 is 0 Å². The van der Waals surface area contributed by atoms with Crippen molar-refractivity contribution in [3.8, 4) is 0 Å².